The SMILES string of the molecule is CC1=C(CN)N(C)C(C)N1C. The van der Waals surface area contributed by atoms with Crippen LogP contribution in [-0.4, -0.2) is 36.6 Å². The molecule has 1 unspecified atom stereocenters. The van der Waals surface area contributed by atoms with Gasteiger partial charge in [-0.25, -0.2) is 0 Å². The highest BCUT2D eigenvalue weighted by molar-refractivity contribution is 5.17. The molecule has 64 valence electrons. The summed E-state index contributed by atoms with van der Waals surface area (Å²) in [6.45, 7) is 4.92. The molecule has 0 saturated carbocycles. The molecule has 1 aliphatic rings. The van der Waals surface area contributed by atoms with Gasteiger partial charge < -0.3 is 15.5 Å². The van der Waals surface area contributed by atoms with Gasteiger partial charge >= 0.3 is 0 Å². The van der Waals surface area contributed by atoms with Gasteiger partial charge in [0.15, 0.2) is 0 Å². The molecule has 2 N–H and O–H groups in total. The van der Waals surface area contributed by atoms with E-state index in [1.807, 2.05) is 0 Å². The van der Waals surface area contributed by atoms with Crippen molar-refractivity contribution < 1.29 is 0 Å². The highest BCUT2D eigenvalue weighted by Gasteiger charge is 2.26. The average Bonchev–Trinajstić information content (AvgIpc) is 2.17. The molecule has 1 rings (SSSR count). The Morgan fingerprint density at radius 2 is 1.91 bits per heavy atom. The largest absolute Gasteiger partial charge is 0.357 e. The summed E-state index contributed by atoms with van der Waals surface area (Å²) in [5.41, 5.74) is 8.16. The molecular formula is C8H17N3. The molecule has 11 heavy (non-hydrogen) atoms. The summed E-state index contributed by atoms with van der Waals surface area (Å²) in [6.07, 6.45) is 0.452. The molecule has 1 atom stereocenters. The van der Waals surface area contributed by atoms with Crippen LogP contribution in [0.4, 0.5) is 0 Å². The molecule has 0 aliphatic carbocycles. The fourth-order valence-electron chi connectivity index (χ4n) is 1.52. The molecule has 0 spiro atoms. The van der Waals surface area contributed by atoms with E-state index < -0.39 is 0 Å². The van der Waals surface area contributed by atoms with E-state index in [4.69, 9.17) is 5.73 Å². The summed E-state index contributed by atoms with van der Waals surface area (Å²) in [7, 11) is 4.18. The van der Waals surface area contributed by atoms with E-state index in [1.54, 1.807) is 0 Å². The molecule has 3 nitrogen and oxygen atoms in total. The van der Waals surface area contributed by atoms with Crippen molar-refractivity contribution in [2.75, 3.05) is 20.6 Å². The quantitative estimate of drug-likeness (QED) is 0.595. The first kappa shape index (κ1) is 8.40. The molecule has 0 aromatic heterocycles. The van der Waals surface area contributed by atoms with Crippen molar-refractivity contribution in [1.82, 2.24) is 9.80 Å². The Hall–Kier alpha value is -0.700. The van der Waals surface area contributed by atoms with Gasteiger partial charge in [0, 0.05) is 32.0 Å². The van der Waals surface area contributed by atoms with Crippen LogP contribution in [0.1, 0.15) is 13.8 Å². The van der Waals surface area contributed by atoms with Crippen LogP contribution < -0.4 is 5.73 Å². The topological polar surface area (TPSA) is 32.5 Å². The monoisotopic (exact) mass is 155 g/mol. The normalized spacial score (nSPS) is 25.4. The predicted molar refractivity (Wildman–Crippen MR) is 46.7 cm³/mol. The number of nitrogens with two attached hydrogens (primary N) is 1. The lowest BCUT2D eigenvalue weighted by molar-refractivity contribution is 0.208. The summed E-state index contributed by atoms with van der Waals surface area (Å²) in [5, 5.41) is 0. The van der Waals surface area contributed by atoms with Gasteiger partial charge in [0.25, 0.3) is 0 Å². The number of rotatable bonds is 1. The van der Waals surface area contributed by atoms with Crippen molar-refractivity contribution in [1.29, 1.82) is 0 Å². The van der Waals surface area contributed by atoms with Crippen LogP contribution in [0.3, 0.4) is 0 Å². The third-order valence-electron chi connectivity index (χ3n) is 2.69. The molecule has 0 bridgehead atoms. The van der Waals surface area contributed by atoms with Crippen LogP contribution in [0.25, 0.3) is 0 Å². The first-order chi connectivity index (χ1) is 5.09. The van der Waals surface area contributed by atoms with Gasteiger partial charge in [0.05, 0.1) is 6.17 Å². The van der Waals surface area contributed by atoms with Crippen LogP contribution in [0.2, 0.25) is 0 Å². The third kappa shape index (κ3) is 1.09. The Kier molecular flexibility index (Phi) is 2.09. The molecule has 0 fully saturated rings. The molecule has 0 aromatic rings. The van der Waals surface area contributed by atoms with E-state index in [1.165, 1.54) is 11.4 Å². The lowest BCUT2D eigenvalue weighted by atomic mass is 10.3. The average molecular weight is 155 g/mol. The van der Waals surface area contributed by atoms with Crippen LogP contribution >= 0.6 is 0 Å². The van der Waals surface area contributed by atoms with E-state index in [0.717, 1.165) is 0 Å². The maximum absolute atomic E-state index is 5.61. The molecule has 0 amide bonds. The minimum atomic E-state index is 0.452. The van der Waals surface area contributed by atoms with Gasteiger partial charge in [0.1, 0.15) is 0 Å². The van der Waals surface area contributed by atoms with Crippen LogP contribution in [0.15, 0.2) is 11.4 Å². The number of hydrogen-bond donors (Lipinski definition) is 1. The lowest BCUT2D eigenvalue weighted by Crippen LogP contribution is -2.33. The minimum absolute atomic E-state index is 0.452. The minimum Gasteiger partial charge on any atom is -0.357 e. The van der Waals surface area contributed by atoms with E-state index in [9.17, 15) is 0 Å². The molecule has 1 aliphatic heterocycles. The summed E-state index contributed by atoms with van der Waals surface area (Å²) in [4.78, 5) is 4.46. The smallest absolute Gasteiger partial charge is 0.0977 e. The van der Waals surface area contributed by atoms with Gasteiger partial charge in [-0.05, 0) is 13.8 Å². The number of allylic oxidation sites excluding steroid dienone is 1. The summed E-state index contributed by atoms with van der Waals surface area (Å²) in [5.74, 6) is 0. The van der Waals surface area contributed by atoms with Gasteiger partial charge in [0.2, 0.25) is 0 Å². The predicted octanol–water partition coefficient (Wildman–Crippen LogP) is 0.400. The van der Waals surface area contributed by atoms with Crippen molar-refractivity contribution in [3.8, 4) is 0 Å². The summed E-state index contributed by atoms with van der Waals surface area (Å²) in [6, 6.07) is 0. The zero-order chi connectivity index (χ0) is 8.59. The zero-order valence-electron chi connectivity index (χ0n) is 7.76. The van der Waals surface area contributed by atoms with Gasteiger partial charge in [-0.2, -0.15) is 0 Å². The van der Waals surface area contributed by atoms with Gasteiger partial charge in [-0.3, -0.25) is 0 Å². The van der Waals surface area contributed by atoms with Crippen LogP contribution in [0.5, 0.6) is 0 Å². The zero-order valence-corrected chi connectivity index (χ0v) is 7.76. The fourth-order valence-corrected chi connectivity index (χ4v) is 1.52. The maximum Gasteiger partial charge on any atom is 0.0977 e. The Labute approximate surface area is 68.5 Å². The molecule has 0 aromatic carbocycles. The highest BCUT2D eigenvalue weighted by atomic mass is 15.4. The third-order valence-corrected chi connectivity index (χ3v) is 2.69. The van der Waals surface area contributed by atoms with Gasteiger partial charge in [-0.1, -0.05) is 0 Å². The second-order valence-electron chi connectivity index (χ2n) is 3.09. The molecule has 0 saturated heterocycles. The highest BCUT2D eigenvalue weighted by Crippen LogP contribution is 2.24. The van der Waals surface area contributed by atoms with Gasteiger partial charge in [-0.15, -0.1) is 0 Å². The first-order valence-electron chi connectivity index (χ1n) is 3.95. The fraction of sp³-hybridized carbons (Fsp3) is 0.750. The van der Waals surface area contributed by atoms with E-state index in [2.05, 4.69) is 37.7 Å². The Morgan fingerprint density at radius 3 is 2.09 bits per heavy atom. The van der Waals surface area contributed by atoms with Crippen molar-refractivity contribution in [2.24, 2.45) is 5.73 Å². The molecule has 1 heterocycles. The standard InChI is InChI=1S/C8H17N3/c1-6-8(5-9)11(4)7(2)10(6)3/h7H,5,9H2,1-4H3. The van der Waals surface area contributed by atoms with Crippen molar-refractivity contribution in [2.45, 2.75) is 20.0 Å². The van der Waals surface area contributed by atoms with Crippen molar-refractivity contribution in [3.05, 3.63) is 11.4 Å². The summed E-state index contributed by atoms with van der Waals surface area (Å²) >= 11 is 0. The van der Waals surface area contributed by atoms with E-state index in [-0.39, 0.29) is 0 Å². The van der Waals surface area contributed by atoms with Crippen LogP contribution in [-0.2, 0) is 0 Å². The Morgan fingerprint density at radius 1 is 1.36 bits per heavy atom. The number of nitrogens with zero attached hydrogens (tertiary/aromatic N) is 2. The molecule has 3 heteroatoms. The lowest BCUT2D eigenvalue weighted by Gasteiger charge is -2.25. The maximum atomic E-state index is 5.61. The molecule has 0 radical (unpaired) electrons. The van der Waals surface area contributed by atoms with E-state index in [0.29, 0.717) is 12.7 Å². The molecular weight excluding hydrogens is 138 g/mol. The summed E-state index contributed by atoms with van der Waals surface area (Å²) < 4.78 is 0. The Bertz CT molecular complexity index is 186. The second-order valence-corrected chi connectivity index (χ2v) is 3.09. The van der Waals surface area contributed by atoms with Crippen molar-refractivity contribution >= 4 is 0 Å². The number of hydrogen-bond acceptors (Lipinski definition) is 3. The van der Waals surface area contributed by atoms with Crippen molar-refractivity contribution in [3.63, 3.8) is 0 Å². The van der Waals surface area contributed by atoms with Crippen LogP contribution in [0, 0.1) is 0 Å². The van der Waals surface area contributed by atoms with E-state index >= 15 is 0 Å². The Balaban J connectivity index is 2.88. The second kappa shape index (κ2) is 2.74. The first-order valence-corrected chi connectivity index (χ1v) is 3.95. The number of likely N-dealkylation sites (N-methyl/N-ethyl adjacent to an activating group) is 1.